The fourth-order valence-corrected chi connectivity index (χ4v) is 6.17. The van der Waals surface area contributed by atoms with Crippen LogP contribution in [0.4, 0.5) is 0 Å². The smallest absolute Gasteiger partial charge is 0.141 e. The van der Waals surface area contributed by atoms with Crippen LogP contribution in [0.3, 0.4) is 0 Å². The summed E-state index contributed by atoms with van der Waals surface area (Å²) in [5.41, 5.74) is 5.22. The van der Waals surface area contributed by atoms with Gasteiger partial charge in [-0.3, -0.25) is 9.80 Å². The standard InChI is InChI=1S/C28H33Cl2N3O3/c1-18-27(19(2)36-31-18)20-5-7-22(8-6-20)35-28-24-15-21(29)16-25(30)23(24)17-26(28)33-10-4-9-32(11-12-33)13-14-34-3/h5-8,15-16,26,28H,4,9-14,17H2,1-3H3/t26-,28-/m0/s1. The number of rotatable bonds is 7. The predicted molar refractivity (Wildman–Crippen MR) is 143 cm³/mol. The molecule has 2 atom stereocenters. The highest BCUT2D eigenvalue weighted by Crippen LogP contribution is 2.43. The van der Waals surface area contributed by atoms with Crippen LogP contribution in [0.2, 0.25) is 10.0 Å². The predicted octanol–water partition coefficient (Wildman–Crippen LogP) is 5.96. The van der Waals surface area contributed by atoms with Gasteiger partial charge in [-0.15, -0.1) is 0 Å². The maximum absolute atomic E-state index is 6.71. The molecule has 0 amide bonds. The van der Waals surface area contributed by atoms with Gasteiger partial charge in [0.25, 0.3) is 0 Å². The lowest BCUT2D eigenvalue weighted by Gasteiger charge is -2.32. The van der Waals surface area contributed by atoms with Crippen LogP contribution in [0.15, 0.2) is 40.9 Å². The van der Waals surface area contributed by atoms with Crippen LogP contribution in [0.5, 0.6) is 5.75 Å². The van der Waals surface area contributed by atoms with E-state index in [0.29, 0.717) is 5.02 Å². The number of hydrogen-bond donors (Lipinski definition) is 0. The molecule has 0 bridgehead atoms. The Morgan fingerprint density at radius 2 is 1.86 bits per heavy atom. The Bertz CT molecular complexity index is 1180. The molecular weight excluding hydrogens is 497 g/mol. The van der Waals surface area contributed by atoms with Crippen molar-refractivity contribution in [3.63, 3.8) is 0 Å². The fraction of sp³-hybridized carbons (Fsp3) is 0.464. The highest BCUT2D eigenvalue weighted by Gasteiger charge is 2.40. The Hall–Kier alpha value is -2.09. The van der Waals surface area contributed by atoms with Gasteiger partial charge in [0.1, 0.15) is 17.6 Å². The Kier molecular flexibility index (Phi) is 7.89. The molecule has 2 heterocycles. The zero-order valence-electron chi connectivity index (χ0n) is 21.1. The number of methoxy groups -OCH3 is 1. The van der Waals surface area contributed by atoms with Gasteiger partial charge < -0.3 is 14.0 Å². The van der Waals surface area contributed by atoms with E-state index in [-0.39, 0.29) is 12.1 Å². The summed E-state index contributed by atoms with van der Waals surface area (Å²) in [4.78, 5) is 5.05. The summed E-state index contributed by atoms with van der Waals surface area (Å²) < 4.78 is 17.4. The van der Waals surface area contributed by atoms with E-state index in [1.807, 2.05) is 38.1 Å². The number of hydrogen-bond acceptors (Lipinski definition) is 6. The molecule has 1 aliphatic carbocycles. The summed E-state index contributed by atoms with van der Waals surface area (Å²) in [7, 11) is 1.76. The lowest BCUT2D eigenvalue weighted by molar-refractivity contribution is 0.0787. The molecule has 1 fully saturated rings. The summed E-state index contributed by atoms with van der Waals surface area (Å²) in [5.74, 6) is 1.64. The Morgan fingerprint density at radius 1 is 1.06 bits per heavy atom. The van der Waals surface area contributed by atoms with Gasteiger partial charge in [0.2, 0.25) is 0 Å². The van der Waals surface area contributed by atoms with Crippen molar-refractivity contribution in [2.45, 2.75) is 38.8 Å². The van der Waals surface area contributed by atoms with Gasteiger partial charge in [0.05, 0.1) is 18.3 Å². The van der Waals surface area contributed by atoms with Crippen LogP contribution in [0.25, 0.3) is 11.1 Å². The Labute approximate surface area is 223 Å². The fourth-order valence-electron chi connectivity index (χ4n) is 5.59. The SMILES string of the molecule is COCCN1CCCN([C@H]2Cc3c(Cl)cc(Cl)cc3[C@@H]2Oc2ccc(-c3c(C)noc3C)cc2)CC1. The van der Waals surface area contributed by atoms with E-state index in [1.165, 1.54) is 0 Å². The second kappa shape index (κ2) is 11.1. The van der Waals surface area contributed by atoms with Gasteiger partial charge >= 0.3 is 0 Å². The van der Waals surface area contributed by atoms with Gasteiger partial charge in [0, 0.05) is 47.9 Å². The molecule has 0 spiro atoms. The third kappa shape index (κ3) is 5.29. The third-order valence-corrected chi connectivity index (χ3v) is 7.96. The van der Waals surface area contributed by atoms with E-state index < -0.39 is 0 Å². The molecule has 0 saturated carbocycles. The summed E-state index contributed by atoms with van der Waals surface area (Å²) in [6.07, 6.45) is 1.82. The molecule has 2 aromatic carbocycles. The maximum atomic E-state index is 6.71. The summed E-state index contributed by atoms with van der Waals surface area (Å²) in [5, 5.41) is 5.45. The number of nitrogens with zero attached hydrogens (tertiary/aromatic N) is 3. The van der Waals surface area contributed by atoms with Crippen LogP contribution in [-0.2, 0) is 11.2 Å². The van der Waals surface area contributed by atoms with Gasteiger partial charge in [-0.2, -0.15) is 0 Å². The molecule has 6 nitrogen and oxygen atoms in total. The van der Waals surface area contributed by atoms with E-state index >= 15 is 0 Å². The van der Waals surface area contributed by atoms with Crippen LogP contribution in [-0.4, -0.2) is 67.4 Å². The maximum Gasteiger partial charge on any atom is 0.141 e. The van der Waals surface area contributed by atoms with Crippen LogP contribution in [0, 0.1) is 13.8 Å². The minimum absolute atomic E-state index is 0.147. The Morgan fingerprint density at radius 3 is 2.58 bits per heavy atom. The second-order valence-electron chi connectivity index (χ2n) is 9.71. The monoisotopic (exact) mass is 529 g/mol. The number of benzene rings is 2. The molecule has 0 unspecified atom stereocenters. The molecule has 0 N–H and O–H groups in total. The van der Waals surface area contributed by atoms with Crippen molar-refractivity contribution in [3.05, 3.63) is 69.0 Å². The molecule has 192 valence electrons. The minimum Gasteiger partial charge on any atom is -0.484 e. The van der Waals surface area contributed by atoms with Gasteiger partial charge in [0.15, 0.2) is 0 Å². The number of aryl methyl sites for hydroxylation is 2. The molecule has 8 heteroatoms. The molecular formula is C28H33Cl2N3O3. The highest BCUT2D eigenvalue weighted by molar-refractivity contribution is 6.35. The first kappa shape index (κ1) is 25.6. The van der Waals surface area contributed by atoms with Crippen LogP contribution >= 0.6 is 23.2 Å². The van der Waals surface area contributed by atoms with Gasteiger partial charge in [-0.25, -0.2) is 0 Å². The van der Waals surface area contributed by atoms with E-state index in [0.717, 1.165) is 96.7 Å². The number of ether oxygens (including phenoxy) is 2. The summed E-state index contributed by atoms with van der Waals surface area (Å²) in [6.45, 7) is 9.74. The topological polar surface area (TPSA) is 51.0 Å². The van der Waals surface area contributed by atoms with E-state index in [1.54, 1.807) is 7.11 Å². The van der Waals surface area contributed by atoms with Crippen molar-refractivity contribution in [1.82, 2.24) is 15.0 Å². The van der Waals surface area contributed by atoms with E-state index in [2.05, 4.69) is 27.1 Å². The number of aromatic nitrogens is 1. The molecule has 3 aromatic rings. The van der Waals surface area contributed by atoms with Crippen molar-refractivity contribution < 1.29 is 14.0 Å². The average molecular weight is 530 g/mol. The first-order valence-electron chi connectivity index (χ1n) is 12.6. The van der Waals surface area contributed by atoms with Crippen molar-refractivity contribution in [1.29, 1.82) is 0 Å². The third-order valence-electron chi connectivity index (χ3n) is 7.41. The van der Waals surface area contributed by atoms with Gasteiger partial charge in [-0.05, 0) is 75.2 Å². The van der Waals surface area contributed by atoms with Crippen LogP contribution in [0.1, 0.15) is 35.1 Å². The van der Waals surface area contributed by atoms with Gasteiger partial charge in [-0.1, -0.05) is 40.5 Å². The lowest BCUT2D eigenvalue weighted by atomic mass is 10.0. The summed E-state index contributed by atoms with van der Waals surface area (Å²) in [6, 6.07) is 12.2. The molecule has 2 aliphatic rings. The quantitative estimate of drug-likeness (QED) is 0.376. The summed E-state index contributed by atoms with van der Waals surface area (Å²) >= 11 is 13.1. The van der Waals surface area contributed by atoms with Crippen molar-refractivity contribution in [2.24, 2.45) is 0 Å². The number of halogens is 2. The largest absolute Gasteiger partial charge is 0.484 e. The van der Waals surface area contributed by atoms with Crippen LogP contribution < -0.4 is 4.74 Å². The highest BCUT2D eigenvalue weighted by atomic mass is 35.5. The Balaban J connectivity index is 1.39. The normalized spacial score (nSPS) is 20.9. The van der Waals surface area contributed by atoms with Crippen molar-refractivity contribution in [2.75, 3.05) is 46.4 Å². The zero-order valence-corrected chi connectivity index (χ0v) is 22.6. The molecule has 1 saturated heterocycles. The molecule has 36 heavy (non-hydrogen) atoms. The molecule has 5 rings (SSSR count). The number of fused-ring (bicyclic) bond motifs is 1. The first-order chi connectivity index (χ1) is 17.4. The van der Waals surface area contributed by atoms with Crippen molar-refractivity contribution >= 4 is 23.2 Å². The zero-order chi connectivity index (χ0) is 25.2. The van der Waals surface area contributed by atoms with E-state index in [4.69, 9.17) is 37.2 Å². The molecule has 0 radical (unpaired) electrons. The molecule has 1 aromatic heterocycles. The van der Waals surface area contributed by atoms with Crippen molar-refractivity contribution in [3.8, 4) is 16.9 Å². The average Bonchev–Trinajstić information content (AvgIpc) is 3.28. The second-order valence-corrected chi connectivity index (χ2v) is 10.6. The molecule has 1 aliphatic heterocycles. The lowest BCUT2D eigenvalue weighted by Crippen LogP contribution is -2.42. The van der Waals surface area contributed by atoms with E-state index in [9.17, 15) is 0 Å². The first-order valence-corrected chi connectivity index (χ1v) is 13.3. The minimum atomic E-state index is -0.147.